The van der Waals surface area contributed by atoms with E-state index in [0.717, 1.165) is 22.3 Å². The van der Waals surface area contributed by atoms with E-state index in [0.29, 0.717) is 30.3 Å². The lowest BCUT2D eigenvalue weighted by Gasteiger charge is -2.10. The van der Waals surface area contributed by atoms with Gasteiger partial charge in [0.15, 0.2) is 0 Å². The molecule has 4 nitrogen and oxygen atoms in total. The molecule has 25 heavy (non-hydrogen) atoms. The zero-order valence-electron chi connectivity index (χ0n) is 14.3. The third-order valence-corrected chi connectivity index (χ3v) is 4.37. The fourth-order valence-electron chi connectivity index (χ4n) is 2.62. The maximum absolute atomic E-state index is 11.8. The molecule has 1 N–H and O–H groups in total. The molecule has 3 rings (SSSR count). The van der Waals surface area contributed by atoms with Crippen molar-refractivity contribution in [3.63, 3.8) is 0 Å². The molecule has 0 atom stereocenters. The molecule has 0 unspecified atom stereocenters. The number of rotatable bonds is 6. The number of halogens is 1. The van der Waals surface area contributed by atoms with Gasteiger partial charge >= 0.3 is 5.63 Å². The Morgan fingerprint density at radius 1 is 1.08 bits per heavy atom. The van der Waals surface area contributed by atoms with Gasteiger partial charge in [0.25, 0.3) is 0 Å². The second-order valence-corrected chi connectivity index (χ2v) is 6.44. The Labute approximate surface area is 151 Å². The van der Waals surface area contributed by atoms with Crippen molar-refractivity contribution in [2.24, 2.45) is 0 Å². The van der Waals surface area contributed by atoms with Crippen molar-refractivity contribution in [3.8, 4) is 5.75 Å². The van der Waals surface area contributed by atoms with Crippen LogP contribution in [-0.4, -0.2) is 13.2 Å². The van der Waals surface area contributed by atoms with Gasteiger partial charge in [0.05, 0.1) is 0 Å². The third-order valence-electron chi connectivity index (χ3n) is 4.12. The minimum atomic E-state index is -0.329. The number of aryl methyl sites for hydroxylation is 2. The van der Waals surface area contributed by atoms with Gasteiger partial charge in [-0.05, 0) is 66.9 Å². The van der Waals surface area contributed by atoms with Crippen LogP contribution in [0.5, 0.6) is 5.75 Å². The summed E-state index contributed by atoms with van der Waals surface area (Å²) in [5.41, 5.74) is 3.52. The van der Waals surface area contributed by atoms with Crippen molar-refractivity contribution in [1.82, 2.24) is 5.32 Å². The molecule has 0 aliphatic rings. The molecule has 0 aliphatic carbocycles. The Morgan fingerprint density at radius 3 is 2.56 bits per heavy atom. The molecule has 0 radical (unpaired) electrons. The van der Waals surface area contributed by atoms with Crippen LogP contribution in [0.15, 0.2) is 51.7 Å². The van der Waals surface area contributed by atoms with Gasteiger partial charge in [0.1, 0.15) is 17.9 Å². The first-order valence-corrected chi connectivity index (χ1v) is 8.54. The van der Waals surface area contributed by atoms with Gasteiger partial charge in [-0.2, -0.15) is 0 Å². The largest absolute Gasteiger partial charge is 0.492 e. The first kappa shape index (κ1) is 17.5. The SMILES string of the molecule is Cc1cc2oc(=O)cc(CNCCOc3ccc(Cl)cc3)c2cc1C. The highest BCUT2D eigenvalue weighted by atomic mass is 35.5. The third kappa shape index (κ3) is 4.41. The summed E-state index contributed by atoms with van der Waals surface area (Å²) < 4.78 is 11.0. The van der Waals surface area contributed by atoms with E-state index in [4.69, 9.17) is 20.8 Å². The van der Waals surface area contributed by atoms with E-state index in [1.807, 2.05) is 25.1 Å². The van der Waals surface area contributed by atoms with Crippen molar-refractivity contribution >= 4 is 22.6 Å². The van der Waals surface area contributed by atoms with Gasteiger partial charge in [-0.3, -0.25) is 0 Å². The summed E-state index contributed by atoms with van der Waals surface area (Å²) in [6.07, 6.45) is 0. The van der Waals surface area contributed by atoms with Crippen molar-refractivity contribution < 1.29 is 9.15 Å². The number of nitrogens with one attached hydrogen (secondary N) is 1. The standard InChI is InChI=1S/C20H20ClNO3/c1-13-9-18-15(11-20(23)25-19(18)10-14(13)2)12-22-7-8-24-17-5-3-16(21)4-6-17/h3-6,9-11,22H,7-8,12H2,1-2H3. The number of benzene rings is 2. The zero-order valence-corrected chi connectivity index (χ0v) is 15.0. The fraction of sp³-hybridized carbons (Fsp3) is 0.250. The monoisotopic (exact) mass is 357 g/mol. The van der Waals surface area contributed by atoms with Gasteiger partial charge < -0.3 is 14.5 Å². The average Bonchev–Trinajstić information content (AvgIpc) is 2.58. The second kappa shape index (κ2) is 7.72. The lowest BCUT2D eigenvalue weighted by molar-refractivity contribution is 0.313. The summed E-state index contributed by atoms with van der Waals surface area (Å²) in [7, 11) is 0. The van der Waals surface area contributed by atoms with E-state index in [1.165, 1.54) is 5.56 Å². The zero-order chi connectivity index (χ0) is 17.8. The molecule has 0 fully saturated rings. The molecule has 0 amide bonds. The Morgan fingerprint density at radius 2 is 1.80 bits per heavy atom. The summed E-state index contributed by atoms with van der Waals surface area (Å²) in [5, 5.41) is 4.96. The maximum Gasteiger partial charge on any atom is 0.336 e. The Kier molecular flexibility index (Phi) is 5.41. The van der Waals surface area contributed by atoms with Crippen LogP contribution in [0, 0.1) is 13.8 Å². The quantitative estimate of drug-likeness (QED) is 0.529. The van der Waals surface area contributed by atoms with E-state index in [1.54, 1.807) is 18.2 Å². The number of fused-ring (bicyclic) bond motifs is 1. The summed E-state index contributed by atoms with van der Waals surface area (Å²) in [6, 6.07) is 12.8. The number of ether oxygens (including phenoxy) is 1. The topological polar surface area (TPSA) is 51.5 Å². The molecule has 1 heterocycles. The molecule has 3 aromatic rings. The summed E-state index contributed by atoms with van der Waals surface area (Å²) in [5.74, 6) is 0.781. The van der Waals surface area contributed by atoms with Crippen molar-refractivity contribution in [3.05, 3.63) is 74.6 Å². The summed E-state index contributed by atoms with van der Waals surface area (Å²) >= 11 is 5.84. The highest BCUT2D eigenvalue weighted by Gasteiger charge is 2.07. The van der Waals surface area contributed by atoms with Crippen molar-refractivity contribution in [1.29, 1.82) is 0 Å². The van der Waals surface area contributed by atoms with Crippen LogP contribution < -0.4 is 15.7 Å². The molecule has 0 saturated heterocycles. The highest BCUT2D eigenvalue weighted by Crippen LogP contribution is 2.21. The predicted molar refractivity (Wildman–Crippen MR) is 101 cm³/mol. The number of hydrogen-bond acceptors (Lipinski definition) is 4. The number of hydrogen-bond donors (Lipinski definition) is 1. The molecule has 130 valence electrons. The van der Waals surface area contributed by atoms with Crippen LogP contribution in [0.1, 0.15) is 16.7 Å². The first-order valence-electron chi connectivity index (χ1n) is 8.16. The van der Waals surface area contributed by atoms with Crippen LogP contribution in [-0.2, 0) is 6.54 Å². The Hall–Kier alpha value is -2.30. The molecule has 0 aliphatic heterocycles. The lowest BCUT2D eigenvalue weighted by atomic mass is 10.0. The highest BCUT2D eigenvalue weighted by molar-refractivity contribution is 6.30. The van der Waals surface area contributed by atoms with E-state index >= 15 is 0 Å². The molecule has 1 aromatic heterocycles. The predicted octanol–water partition coefficient (Wildman–Crippen LogP) is 4.23. The minimum absolute atomic E-state index is 0.329. The summed E-state index contributed by atoms with van der Waals surface area (Å²) in [6.45, 7) is 5.83. The van der Waals surface area contributed by atoms with Gasteiger partial charge in [0, 0.05) is 29.6 Å². The van der Waals surface area contributed by atoms with Gasteiger partial charge in [-0.15, -0.1) is 0 Å². The van der Waals surface area contributed by atoms with Gasteiger partial charge in [0.2, 0.25) is 0 Å². The van der Waals surface area contributed by atoms with Crippen molar-refractivity contribution in [2.45, 2.75) is 20.4 Å². The van der Waals surface area contributed by atoms with E-state index in [9.17, 15) is 4.79 Å². The molecule has 0 spiro atoms. The second-order valence-electron chi connectivity index (χ2n) is 6.00. The average molecular weight is 358 g/mol. The van der Waals surface area contributed by atoms with Crippen LogP contribution in [0.3, 0.4) is 0 Å². The first-order chi connectivity index (χ1) is 12.0. The lowest BCUT2D eigenvalue weighted by Crippen LogP contribution is -2.21. The Balaban J connectivity index is 1.62. The molecule has 0 saturated carbocycles. The smallest absolute Gasteiger partial charge is 0.336 e. The van der Waals surface area contributed by atoms with E-state index in [-0.39, 0.29) is 5.63 Å². The molecular formula is C20H20ClNO3. The van der Waals surface area contributed by atoms with Crippen LogP contribution >= 0.6 is 11.6 Å². The summed E-state index contributed by atoms with van der Waals surface area (Å²) in [4.78, 5) is 11.8. The minimum Gasteiger partial charge on any atom is -0.492 e. The Bertz CT molecular complexity index is 932. The van der Waals surface area contributed by atoms with Gasteiger partial charge in [-0.1, -0.05) is 11.6 Å². The van der Waals surface area contributed by atoms with Crippen LogP contribution in [0.4, 0.5) is 0 Å². The van der Waals surface area contributed by atoms with Gasteiger partial charge in [-0.25, -0.2) is 4.79 Å². The van der Waals surface area contributed by atoms with E-state index in [2.05, 4.69) is 18.3 Å². The molecular weight excluding hydrogens is 338 g/mol. The molecule has 5 heteroatoms. The maximum atomic E-state index is 11.8. The fourth-order valence-corrected chi connectivity index (χ4v) is 2.75. The van der Waals surface area contributed by atoms with Crippen LogP contribution in [0.25, 0.3) is 11.0 Å². The molecule has 2 aromatic carbocycles. The van der Waals surface area contributed by atoms with Crippen LogP contribution in [0.2, 0.25) is 5.02 Å². The van der Waals surface area contributed by atoms with Crippen molar-refractivity contribution in [2.75, 3.05) is 13.2 Å². The van der Waals surface area contributed by atoms with E-state index < -0.39 is 0 Å². The molecule has 0 bridgehead atoms. The normalized spacial score (nSPS) is 11.0.